The smallest absolute Gasteiger partial charge is 0.164 e. The molecule has 0 amide bonds. The van der Waals surface area contributed by atoms with Crippen molar-refractivity contribution in [1.82, 2.24) is 15.0 Å². The fourth-order valence-corrected chi connectivity index (χ4v) is 11.2. The third-order valence-electron chi connectivity index (χ3n) is 13.7. The van der Waals surface area contributed by atoms with E-state index in [2.05, 4.69) is 200 Å². The second-order valence-corrected chi connectivity index (χ2v) is 16.6. The van der Waals surface area contributed by atoms with Crippen LogP contribution >= 0.6 is 0 Å². The average Bonchev–Trinajstić information content (AvgIpc) is 3.93. The highest BCUT2D eigenvalue weighted by Gasteiger charge is 2.52. The Bertz CT molecular complexity index is 3620. The molecule has 1 heterocycles. The standard InChI is InChI=1S/C58H33N3/c1-3-18-37-34(14-1)16-11-25-44(37)56-59-55(60-57(61-56)45-26-12-17-35-15-2-4-19-38(35)45)36-30-31-42-41-22-7-9-28-49(41)58(51(42)32-36)50-29-10-8-23-46(50)54-47-27-13-24-43-39-20-5-6-21-40(39)48(53(43)47)33-52(54)58/h1-33H. The minimum atomic E-state index is -0.559. The molecule has 0 bridgehead atoms. The summed E-state index contributed by atoms with van der Waals surface area (Å²) in [6.07, 6.45) is 0. The molecule has 0 aliphatic heterocycles. The monoisotopic (exact) mass is 771 g/mol. The minimum absolute atomic E-state index is 0.559. The van der Waals surface area contributed by atoms with E-state index in [-0.39, 0.29) is 0 Å². The van der Waals surface area contributed by atoms with Gasteiger partial charge in [-0.25, -0.2) is 15.0 Å². The summed E-state index contributed by atoms with van der Waals surface area (Å²) in [5.74, 6) is 1.96. The molecule has 1 atom stereocenters. The van der Waals surface area contributed by atoms with Crippen LogP contribution in [0.4, 0.5) is 0 Å². The van der Waals surface area contributed by atoms with Crippen molar-refractivity contribution in [3.63, 3.8) is 0 Å². The second kappa shape index (κ2) is 12.0. The van der Waals surface area contributed by atoms with E-state index in [0.717, 1.165) is 38.2 Å². The first-order chi connectivity index (χ1) is 30.3. The molecule has 1 unspecified atom stereocenters. The van der Waals surface area contributed by atoms with Crippen LogP contribution in [-0.4, -0.2) is 15.0 Å². The lowest BCUT2D eigenvalue weighted by atomic mass is 9.70. The van der Waals surface area contributed by atoms with Gasteiger partial charge in [0.2, 0.25) is 0 Å². The van der Waals surface area contributed by atoms with Gasteiger partial charge in [-0.2, -0.15) is 0 Å². The molecule has 1 aromatic heterocycles. The molecule has 3 aliphatic rings. The van der Waals surface area contributed by atoms with Crippen LogP contribution in [0.1, 0.15) is 22.3 Å². The molecule has 0 N–H and O–H groups in total. The minimum Gasteiger partial charge on any atom is -0.208 e. The van der Waals surface area contributed by atoms with Crippen molar-refractivity contribution in [1.29, 1.82) is 0 Å². The van der Waals surface area contributed by atoms with Gasteiger partial charge in [0.15, 0.2) is 17.5 Å². The Labute approximate surface area is 352 Å². The predicted molar refractivity (Wildman–Crippen MR) is 249 cm³/mol. The molecule has 0 fully saturated rings. The third kappa shape index (κ3) is 4.29. The molecule has 0 saturated heterocycles. The zero-order chi connectivity index (χ0) is 39.8. The molecular formula is C58H33N3. The lowest BCUT2D eigenvalue weighted by Crippen LogP contribution is -2.26. The topological polar surface area (TPSA) is 38.7 Å². The molecule has 0 radical (unpaired) electrons. The Hall–Kier alpha value is -8.01. The van der Waals surface area contributed by atoms with E-state index in [0.29, 0.717) is 17.5 Å². The molecule has 10 aromatic carbocycles. The summed E-state index contributed by atoms with van der Waals surface area (Å²) in [6.45, 7) is 0. The van der Waals surface area contributed by atoms with Crippen LogP contribution in [0.5, 0.6) is 0 Å². The van der Waals surface area contributed by atoms with Gasteiger partial charge in [0, 0.05) is 16.7 Å². The zero-order valence-corrected chi connectivity index (χ0v) is 32.9. The maximum absolute atomic E-state index is 5.39. The number of benzene rings is 10. The number of hydrogen-bond acceptors (Lipinski definition) is 3. The average molecular weight is 772 g/mol. The fraction of sp³-hybridized carbons (Fsp3) is 0.0172. The molecule has 3 heteroatoms. The lowest BCUT2D eigenvalue weighted by molar-refractivity contribution is 0.795. The van der Waals surface area contributed by atoms with Crippen LogP contribution in [0.25, 0.3) is 111 Å². The van der Waals surface area contributed by atoms with Gasteiger partial charge in [-0.05, 0) is 111 Å². The number of fused-ring (bicyclic) bond motifs is 16. The van der Waals surface area contributed by atoms with Crippen LogP contribution in [0.3, 0.4) is 0 Å². The predicted octanol–water partition coefficient (Wildman–Crippen LogP) is 14.3. The van der Waals surface area contributed by atoms with Crippen molar-refractivity contribution in [2.75, 3.05) is 0 Å². The molecule has 11 aromatic rings. The molecule has 3 nitrogen and oxygen atoms in total. The van der Waals surface area contributed by atoms with Gasteiger partial charge in [0.05, 0.1) is 5.41 Å². The lowest BCUT2D eigenvalue weighted by Gasteiger charge is -2.31. The van der Waals surface area contributed by atoms with Crippen LogP contribution < -0.4 is 0 Å². The summed E-state index contributed by atoms with van der Waals surface area (Å²) in [6, 6.07) is 73.1. The van der Waals surface area contributed by atoms with Gasteiger partial charge in [-0.15, -0.1) is 0 Å². The molecule has 0 saturated carbocycles. The summed E-state index contributed by atoms with van der Waals surface area (Å²) in [4.78, 5) is 16.1. The summed E-state index contributed by atoms with van der Waals surface area (Å²) in [5.41, 5.74) is 17.9. The van der Waals surface area contributed by atoms with Crippen molar-refractivity contribution < 1.29 is 0 Å². The van der Waals surface area contributed by atoms with E-state index in [9.17, 15) is 0 Å². The number of hydrogen-bond donors (Lipinski definition) is 0. The first-order valence-corrected chi connectivity index (χ1v) is 21.0. The van der Waals surface area contributed by atoms with Gasteiger partial charge in [-0.1, -0.05) is 188 Å². The van der Waals surface area contributed by atoms with Crippen LogP contribution in [0, 0.1) is 0 Å². The molecule has 14 rings (SSSR count). The van der Waals surface area contributed by atoms with Gasteiger partial charge < -0.3 is 0 Å². The maximum Gasteiger partial charge on any atom is 0.164 e. The molecule has 280 valence electrons. The Morgan fingerprint density at radius 2 is 0.754 bits per heavy atom. The van der Waals surface area contributed by atoms with Gasteiger partial charge >= 0.3 is 0 Å². The van der Waals surface area contributed by atoms with Crippen molar-refractivity contribution in [3.05, 3.63) is 222 Å². The van der Waals surface area contributed by atoms with Crippen LogP contribution in [-0.2, 0) is 5.41 Å². The molecule has 61 heavy (non-hydrogen) atoms. The summed E-state index contributed by atoms with van der Waals surface area (Å²) < 4.78 is 0. The Morgan fingerprint density at radius 1 is 0.279 bits per heavy atom. The van der Waals surface area contributed by atoms with Crippen molar-refractivity contribution in [2.45, 2.75) is 5.41 Å². The number of nitrogens with zero attached hydrogens (tertiary/aromatic N) is 3. The quantitative estimate of drug-likeness (QED) is 0.180. The normalized spacial score (nSPS) is 15.0. The van der Waals surface area contributed by atoms with Crippen LogP contribution in [0.2, 0.25) is 0 Å². The Morgan fingerprint density at radius 3 is 1.46 bits per heavy atom. The van der Waals surface area contributed by atoms with Gasteiger partial charge in [-0.3, -0.25) is 0 Å². The Kier molecular flexibility index (Phi) is 6.49. The van der Waals surface area contributed by atoms with E-state index < -0.39 is 5.41 Å². The number of aromatic nitrogens is 3. The van der Waals surface area contributed by atoms with Crippen molar-refractivity contribution in [2.24, 2.45) is 0 Å². The van der Waals surface area contributed by atoms with E-state index in [4.69, 9.17) is 15.0 Å². The summed E-state index contributed by atoms with van der Waals surface area (Å²) in [7, 11) is 0. The highest BCUT2D eigenvalue weighted by molar-refractivity contribution is 6.21. The fourth-order valence-electron chi connectivity index (χ4n) is 11.2. The van der Waals surface area contributed by atoms with Gasteiger partial charge in [0.25, 0.3) is 0 Å². The largest absolute Gasteiger partial charge is 0.208 e. The molecule has 3 aliphatic carbocycles. The Balaban J connectivity index is 1.07. The first-order valence-electron chi connectivity index (χ1n) is 21.0. The highest BCUT2D eigenvalue weighted by Crippen LogP contribution is 2.66. The summed E-state index contributed by atoms with van der Waals surface area (Å²) in [5, 5.41) is 7.17. The van der Waals surface area contributed by atoms with E-state index in [1.165, 1.54) is 77.5 Å². The zero-order valence-electron chi connectivity index (χ0n) is 32.9. The van der Waals surface area contributed by atoms with Crippen LogP contribution in [0.15, 0.2) is 200 Å². The van der Waals surface area contributed by atoms with Crippen molar-refractivity contribution >= 4 is 32.3 Å². The van der Waals surface area contributed by atoms with Crippen molar-refractivity contribution in [3.8, 4) is 78.7 Å². The summed E-state index contributed by atoms with van der Waals surface area (Å²) >= 11 is 0. The van der Waals surface area contributed by atoms with Gasteiger partial charge in [0.1, 0.15) is 0 Å². The SMILES string of the molecule is c1ccc2c(c1)-c1cccc3c4c(cc-2c13)C1(c2ccccc2-c2ccc(-c3nc(-c5cccc6ccccc56)nc(-c5cccc6ccccc56)n3)cc21)c1ccccc1-4. The van der Waals surface area contributed by atoms with E-state index >= 15 is 0 Å². The number of rotatable bonds is 3. The third-order valence-corrected chi connectivity index (χ3v) is 13.7. The molecule has 1 spiro atoms. The highest BCUT2D eigenvalue weighted by atomic mass is 15.0. The maximum atomic E-state index is 5.39. The first kappa shape index (κ1) is 32.9. The van der Waals surface area contributed by atoms with E-state index in [1.54, 1.807) is 0 Å². The second-order valence-electron chi connectivity index (χ2n) is 16.6. The molecular weight excluding hydrogens is 739 g/mol. The van der Waals surface area contributed by atoms with E-state index in [1.807, 2.05) is 0 Å².